The van der Waals surface area contributed by atoms with Crippen molar-refractivity contribution in [1.82, 2.24) is 15.3 Å². The van der Waals surface area contributed by atoms with E-state index < -0.39 is 5.54 Å². The third kappa shape index (κ3) is 3.99. The quantitative estimate of drug-likeness (QED) is 0.405. The first-order chi connectivity index (χ1) is 14.3. The standard InChI is InChI=1S/C25H25N3O/c29-18-24(16-23-17-26-19-27-23)28-25(20-10-4-1-5-11-20,21-12-6-2-7-13-21)22-14-8-3-9-15-22/h1-15,17,19,24,28-29H,16,18H2,(H,26,27). The summed E-state index contributed by atoms with van der Waals surface area (Å²) in [6, 6.07) is 31.1. The predicted octanol–water partition coefficient (Wildman–Crippen LogP) is 3.89. The van der Waals surface area contributed by atoms with E-state index >= 15 is 0 Å². The summed E-state index contributed by atoms with van der Waals surface area (Å²) in [4.78, 5) is 7.26. The summed E-state index contributed by atoms with van der Waals surface area (Å²) in [6.07, 6.45) is 4.12. The van der Waals surface area contributed by atoms with E-state index in [2.05, 4.69) is 88.1 Å². The second kappa shape index (κ2) is 8.86. The topological polar surface area (TPSA) is 60.9 Å². The second-order valence-electron chi connectivity index (χ2n) is 7.15. The summed E-state index contributed by atoms with van der Waals surface area (Å²) in [5.41, 5.74) is 3.76. The summed E-state index contributed by atoms with van der Waals surface area (Å²) < 4.78 is 0. The van der Waals surface area contributed by atoms with Crippen molar-refractivity contribution >= 4 is 0 Å². The van der Waals surface area contributed by atoms with E-state index in [0.717, 1.165) is 22.4 Å². The van der Waals surface area contributed by atoms with Crippen LogP contribution in [0.5, 0.6) is 0 Å². The summed E-state index contributed by atoms with van der Waals surface area (Å²) in [5.74, 6) is 0. The monoisotopic (exact) mass is 383 g/mol. The highest BCUT2D eigenvalue weighted by Crippen LogP contribution is 2.37. The Balaban J connectivity index is 1.87. The summed E-state index contributed by atoms with van der Waals surface area (Å²) in [6.45, 7) is 0.00721. The molecular weight excluding hydrogens is 358 g/mol. The number of rotatable bonds is 8. The van der Waals surface area contributed by atoms with Crippen LogP contribution in [0.15, 0.2) is 104 Å². The fraction of sp³-hybridized carbons (Fsp3) is 0.160. The maximum atomic E-state index is 10.2. The molecule has 3 N–H and O–H groups in total. The van der Waals surface area contributed by atoms with Gasteiger partial charge in [0.1, 0.15) is 0 Å². The first-order valence-electron chi connectivity index (χ1n) is 9.85. The third-order valence-electron chi connectivity index (χ3n) is 5.28. The highest BCUT2D eigenvalue weighted by molar-refractivity contribution is 5.49. The largest absolute Gasteiger partial charge is 0.395 e. The van der Waals surface area contributed by atoms with Crippen LogP contribution < -0.4 is 5.32 Å². The average molecular weight is 383 g/mol. The zero-order valence-corrected chi connectivity index (χ0v) is 16.2. The molecule has 0 fully saturated rings. The van der Waals surface area contributed by atoms with Gasteiger partial charge in [-0.15, -0.1) is 0 Å². The molecule has 4 nitrogen and oxygen atoms in total. The van der Waals surface area contributed by atoms with Gasteiger partial charge < -0.3 is 10.1 Å². The molecule has 3 aromatic carbocycles. The number of nitrogens with one attached hydrogen (secondary N) is 2. The van der Waals surface area contributed by atoms with Crippen LogP contribution in [0, 0.1) is 0 Å². The first kappa shape index (κ1) is 19.1. The summed E-state index contributed by atoms with van der Waals surface area (Å²) in [7, 11) is 0. The fourth-order valence-corrected chi connectivity index (χ4v) is 3.94. The third-order valence-corrected chi connectivity index (χ3v) is 5.28. The van der Waals surface area contributed by atoms with Crippen molar-refractivity contribution < 1.29 is 5.11 Å². The Bertz CT molecular complexity index is 890. The van der Waals surface area contributed by atoms with Gasteiger partial charge in [-0.05, 0) is 16.7 Å². The van der Waals surface area contributed by atoms with E-state index in [-0.39, 0.29) is 12.6 Å². The molecule has 1 atom stereocenters. The maximum absolute atomic E-state index is 10.2. The number of benzene rings is 3. The Morgan fingerprint density at radius 3 is 1.66 bits per heavy atom. The summed E-state index contributed by atoms with van der Waals surface area (Å²) >= 11 is 0. The minimum Gasteiger partial charge on any atom is -0.395 e. The molecule has 0 radical (unpaired) electrons. The molecule has 0 aliphatic rings. The number of hydrogen-bond donors (Lipinski definition) is 3. The molecule has 4 rings (SSSR count). The Morgan fingerprint density at radius 2 is 1.28 bits per heavy atom. The highest BCUT2D eigenvalue weighted by Gasteiger charge is 2.37. The van der Waals surface area contributed by atoms with Gasteiger partial charge in [0.15, 0.2) is 0 Å². The predicted molar refractivity (Wildman–Crippen MR) is 116 cm³/mol. The van der Waals surface area contributed by atoms with Crippen molar-refractivity contribution in [2.75, 3.05) is 6.61 Å². The van der Waals surface area contributed by atoms with E-state index in [1.165, 1.54) is 0 Å². The lowest BCUT2D eigenvalue weighted by molar-refractivity contribution is 0.220. The van der Waals surface area contributed by atoms with Gasteiger partial charge in [-0.1, -0.05) is 91.0 Å². The normalized spacial score (nSPS) is 12.6. The Hall–Kier alpha value is -3.21. The SMILES string of the molecule is OCC(Cc1cnc[nH]1)NC(c1ccccc1)(c1ccccc1)c1ccccc1. The average Bonchev–Trinajstić information content (AvgIpc) is 3.31. The molecule has 4 aromatic rings. The number of imidazole rings is 1. The molecule has 0 spiro atoms. The van der Waals surface area contributed by atoms with Crippen molar-refractivity contribution in [1.29, 1.82) is 0 Å². The fourth-order valence-electron chi connectivity index (χ4n) is 3.94. The lowest BCUT2D eigenvalue weighted by Gasteiger charge is -2.40. The van der Waals surface area contributed by atoms with Crippen molar-refractivity contribution in [3.05, 3.63) is 126 Å². The molecule has 146 valence electrons. The molecule has 1 unspecified atom stereocenters. The minimum absolute atomic E-state index is 0.00721. The van der Waals surface area contributed by atoms with Gasteiger partial charge in [-0.3, -0.25) is 5.32 Å². The molecular formula is C25H25N3O. The van der Waals surface area contributed by atoms with E-state index in [4.69, 9.17) is 0 Å². The number of aliphatic hydroxyl groups is 1. The smallest absolute Gasteiger partial charge is 0.0950 e. The number of aromatic nitrogens is 2. The van der Waals surface area contributed by atoms with Crippen LogP contribution in [0.4, 0.5) is 0 Å². The second-order valence-corrected chi connectivity index (χ2v) is 7.15. The van der Waals surface area contributed by atoms with Gasteiger partial charge in [0.05, 0.1) is 18.5 Å². The van der Waals surface area contributed by atoms with Crippen LogP contribution >= 0.6 is 0 Å². The number of aliphatic hydroxyl groups excluding tert-OH is 1. The zero-order chi connectivity index (χ0) is 19.9. The molecule has 0 amide bonds. The van der Waals surface area contributed by atoms with Gasteiger partial charge >= 0.3 is 0 Å². The number of nitrogens with zero attached hydrogens (tertiary/aromatic N) is 1. The van der Waals surface area contributed by atoms with Crippen molar-refractivity contribution in [3.8, 4) is 0 Å². The van der Waals surface area contributed by atoms with E-state index in [1.54, 1.807) is 12.5 Å². The van der Waals surface area contributed by atoms with E-state index in [1.807, 2.05) is 18.2 Å². The van der Waals surface area contributed by atoms with E-state index in [0.29, 0.717) is 6.42 Å². The molecule has 1 aromatic heterocycles. The zero-order valence-electron chi connectivity index (χ0n) is 16.2. The molecule has 0 aliphatic heterocycles. The van der Waals surface area contributed by atoms with Gasteiger partial charge in [0.2, 0.25) is 0 Å². The Kier molecular flexibility index (Phi) is 5.84. The van der Waals surface area contributed by atoms with Crippen LogP contribution in [0.2, 0.25) is 0 Å². The number of H-pyrrole nitrogens is 1. The Morgan fingerprint density at radius 1 is 0.793 bits per heavy atom. The van der Waals surface area contributed by atoms with Gasteiger partial charge in [-0.25, -0.2) is 4.98 Å². The lowest BCUT2D eigenvalue weighted by Crippen LogP contribution is -2.51. The molecule has 0 saturated heterocycles. The molecule has 0 aliphatic carbocycles. The van der Waals surface area contributed by atoms with Gasteiger partial charge in [0, 0.05) is 24.4 Å². The number of aromatic amines is 1. The first-order valence-corrected chi connectivity index (χ1v) is 9.85. The van der Waals surface area contributed by atoms with Crippen LogP contribution in [-0.2, 0) is 12.0 Å². The van der Waals surface area contributed by atoms with Crippen molar-refractivity contribution in [2.24, 2.45) is 0 Å². The molecule has 0 bridgehead atoms. The lowest BCUT2D eigenvalue weighted by atomic mass is 9.76. The minimum atomic E-state index is -0.600. The highest BCUT2D eigenvalue weighted by atomic mass is 16.3. The van der Waals surface area contributed by atoms with Crippen LogP contribution in [-0.4, -0.2) is 27.7 Å². The molecule has 0 saturated carbocycles. The molecule has 4 heteroatoms. The van der Waals surface area contributed by atoms with Gasteiger partial charge in [0.25, 0.3) is 0 Å². The maximum Gasteiger partial charge on any atom is 0.0950 e. The Labute approximate surface area is 171 Å². The number of hydrogen-bond acceptors (Lipinski definition) is 3. The van der Waals surface area contributed by atoms with Crippen LogP contribution in [0.1, 0.15) is 22.4 Å². The van der Waals surface area contributed by atoms with Gasteiger partial charge in [-0.2, -0.15) is 0 Å². The van der Waals surface area contributed by atoms with Crippen molar-refractivity contribution in [3.63, 3.8) is 0 Å². The molecule has 29 heavy (non-hydrogen) atoms. The molecule has 1 heterocycles. The van der Waals surface area contributed by atoms with Crippen LogP contribution in [0.3, 0.4) is 0 Å². The van der Waals surface area contributed by atoms with Crippen LogP contribution in [0.25, 0.3) is 0 Å². The summed E-state index contributed by atoms with van der Waals surface area (Å²) in [5, 5.41) is 14.0. The van der Waals surface area contributed by atoms with E-state index in [9.17, 15) is 5.11 Å². The van der Waals surface area contributed by atoms with Crippen molar-refractivity contribution in [2.45, 2.75) is 18.0 Å².